The van der Waals surface area contributed by atoms with Gasteiger partial charge in [0.2, 0.25) is 0 Å². The van der Waals surface area contributed by atoms with E-state index in [-0.39, 0.29) is 17.1 Å². The maximum absolute atomic E-state index is 11.8. The number of ketones is 1. The topological polar surface area (TPSA) is 37.3 Å². The second kappa shape index (κ2) is 2.29. The van der Waals surface area contributed by atoms with Gasteiger partial charge in [-0.3, -0.25) is 4.79 Å². The quantitative estimate of drug-likeness (QED) is 0.656. The summed E-state index contributed by atoms with van der Waals surface area (Å²) in [5, 5.41) is 9.30. The van der Waals surface area contributed by atoms with E-state index in [4.69, 9.17) is 11.6 Å². The molecule has 2 fully saturated rings. The molecule has 0 amide bonds. The number of alkyl halides is 1. The van der Waals surface area contributed by atoms with Crippen LogP contribution in [0.4, 0.5) is 0 Å². The molecule has 0 heterocycles. The summed E-state index contributed by atoms with van der Waals surface area (Å²) in [5.41, 5.74) is -1.28. The average Bonchev–Trinajstić information content (AvgIpc) is 2.73. The summed E-state index contributed by atoms with van der Waals surface area (Å²) in [6.07, 6.45) is 0.819. The number of Topliss-reactive ketones (excluding diaryl/α,β-unsaturated/α-hetero) is 1. The van der Waals surface area contributed by atoms with Gasteiger partial charge in [0.05, 0.1) is 5.60 Å². The number of aliphatic hydroxyl groups is 1. The predicted molar refractivity (Wildman–Crippen MR) is 50.6 cm³/mol. The van der Waals surface area contributed by atoms with E-state index in [9.17, 15) is 9.90 Å². The molecular formula is C10H15ClO2. The van der Waals surface area contributed by atoms with Crippen molar-refractivity contribution >= 4 is 17.4 Å². The van der Waals surface area contributed by atoms with Gasteiger partial charge in [-0.05, 0) is 19.3 Å². The zero-order valence-electron chi connectivity index (χ0n) is 8.17. The number of carbonyl (C=O) groups excluding carboxylic acids is 1. The van der Waals surface area contributed by atoms with Crippen molar-refractivity contribution in [3.05, 3.63) is 0 Å². The van der Waals surface area contributed by atoms with E-state index < -0.39 is 11.0 Å². The third kappa shape index (κ3) is 0.861. The standard InChI is InChI=1S/C10H15ClO2/c1-5(2)10-4-6(10)9(3,13)7(11)8(10)12/h5-7,13H,4H2,1-3H3. The van der Waals surface area contributed by atoms with Gasteiger partial charge in [-0.2, -0.15) is 0 Å². The van der Waals surface area contributed by atoms with Gasteiger partial charge in [-0.1, -0.05) is 13.8 Å². The van der Waals surface area contributed by atoms with Crippen LogP contribution in [-0.4, -0.2) is 21.9 Å². The average molecular weight is 203 g/mol. The molecule has 0 aromatic carbocycles. The highest BCUT2D eigenvalue weighted by molar-refractivity contribution is 6.34. The molecule has 0 aromatic heterocycles. The molecule has 0 radical (unpaired) electrons. The van der Waals surface area contributed by atoms with Crippen LogP contribution in [0.25, 0.3) is 0 Å². The first-order chi connectivity index (χ1) is 5.85. The molecular weight excluding hydrogens is 188 g/mol. The Morgan fingerprint density at radius 1 is 1.62 bits per heavy atom. The zero-order chi connectivity index (χ0) is 10.0. The number of hydrogen-bond acceptors (Lipinski definition) is 2. The van der Waals surface area contributed by atoms with Gasteiger partial charge in [0.15, 0.2) is 5.78 Å². The number of rotatable bonds is 1. The van der Waals surface area contributed by atoms with Crippen LogP contribution in [0, 0.1) is 17.3 Å². The first-order valence-electron chi connectivity index (χ1n) is 4.76. The molecule has 2 aliphatic carbocycles. The molecule has 3 heteroatoms. The highest BCUT2D eigenvalue weighted by Gasteiger charge is 2.76. The molecule has 0 bridgehead atoms. The first kappa shape index (κ1) is 9.47. The van der Waals surface area contributed by atoms with Crippen LogP contribution >= 0.6 is 11.6 Å². The van der Waals surface area contributed by atoms with Gasteiger partial charge in [-0.15, -0.1) is 11.6 Å². The number of fused-ring (bicyclic) bond motifs is 1. The summed E-state index contributed by atoms with van der Waals surface area (Å²) >= 11 is 5.91. The van der Waals surface area contributed by atoms with Crippen LogP contribution in [0.2, 0.25) is 0 Å². The van der Waals surface area contributed by atoms with Crippen LogP contribution < -0.4 is 0 Å². The second-order valence-corrected chi connectivity index (χ2v) is 5.34. The normalized spacial score (nSPS) is 54.2. The van der Waals surface area contributed by atoms with Gasteiger partial charge < -0.3 is 5.11 Å². The Morgan fingerprint density at radius 2 is 2.15 bits per heavy atom. The molecule has 2 saturated carbocycles. The molecule has 4 atom stereocenters. The Balaban J connectivity index is 2.38. The number of carbonyl (C=O) groups is 1. The number of halogens is 1. The van der Waals surface area contributed by atoms with Gasteiger partial charge >= 0.3 is 0 Å². The SMILES string of the molecule is CC(C)C12CC1C(C)(O)C(Cl)C2=O. The van der Waals surface area contributed by atoms with E-state index in [1.807, 2.05) is 13.8 Å². The van der Waals surface area contributed by atoms with Gasteiger partial charge in [-0.25, -0.2) is 0 Å². The van der Waals surface area contributed by atoms with Crippen molar-refractivity contribution in [2.45, 2.75) is 38.2 Å². The fourth-order valence-corrected chi connectivity index (χ4v) is 3.24. The molecule has 0 saturated heterocycles. The van der Waals surface area contributed by atoms with E-state index in [1.54, 1.807) is 6.92 Å². The molecule has 1 N–H and O–H groups in total. The summed E-state index contributed by atoms with van der Waals surface area (Å²) in [6, 6.07) is 0. The van der Waals surface area contributed by atoms with Crippen molar-refractivity contribution in [2.75, 3.05) is 0 Å². The van der Waals surface area contributed by atoms with Crippen molar-refractivity contribution in [3.8, 4) is 0 Å². The lowest BCUT2D eigenvalue weighted by Gasteiger charge is -2.21. The lowest BCUT2D eigenvalue weighted by Crippen LogP contribution is -2.37. The summed E-state index contributed by atoms with van der Waals surface area (Å²) < 4.78 is 0. The monoisotopic (exact) mass is 202 g/mol. The van der Waals surface area contributed by atoms with E-state index in [0.717, 1.165) is 6.42 Å². The maximum Gasteiger partial charge on any atom is 0.160 e. The van der Waals surface area contributed by atoms with Gasteiger partial charge in [0, 0.05) is 11.3 Å². The Labute approximate surface area is 83.3 Å². The van der Waals surface area contributed by atoms with Crippen molar-refractivity contribution in [1.29, 1.82) is 0 Å². The molecule has 13 heavy (non-hydrogen) atoms. The molecule has 74 valence electrons. The van der Waals surface area contributed by atoms with Gasteiger partial charge in [0.25, 0.3) is 0 Å². The molecule has 2 aliphatic rings. The summed E-state index contributed by atoms with van der Waals surface area (Å²) in [4.78, 5) is 11.8. The third-order valence-corrected chi connectivity index (χ3v) is 4.58. The van der Waals surface area contributed by atoms with Crippen LogP contribution in [0.1, 0.15) is 27.2 Å². The molecule has 2 nitrogen and oxygen atoms in total. The van der Waals surface area contributed by atoms with Crippen molar-refractivity contribution in [3.63, 3.8) is 0 Å². The predicted octanol–water partition coefficient (Wildman–Crippen LogP) is 1.59. The van der Waals surface area contributed by atoms with Crippen LogP contribution in [0.3, 0.4) is 0 Å². The Morgan fingerprint density at radius 3 is 2.38 bits per heavy atom. The minimum absolute atomic E-state index is 0.0548. The molecule has 4 unspecified atom stereocenters. The van der Waals surface area contributed by atoms with Crippen LogP contribution in [-0.2, 0) is 4.79 Å². The fraction of sp³-hybridized carbons (Fsp3) is 0.900. The molecule has 0 aromatic rings. The van der Waals surface area contributed by atoms with Crippen molar-refractivity contribution < 1.29 is 9.90 Å². The molecule has 2 rings (SSSR count). The highest BCUT2D eigenvalue weighted by atomic mass is 35.5. The second-order valence-electron chi connectivity index (χ2n) is 4.90. The summed E-state index contributed by atoms with van der Waals surface area (Å²) in [7, 11) is 0. The van der Waals surface area contributed by atoms with E-state index >= 15 is 0 Å². The highest BCUT2D eigenvalue weighted by Crippen LogP contribution is 2.69. The fourth-order valence-electron chi connectivity index (χ4n) is 2.88. The van der Waals surface area contributed by atoms with Crippen molar-refractivity contribution in [1.82, 2.24) is 0 Å². The smallest absolute Gasteiger partial charge is 0.160 e. The Hall–Kier alpha value is -0.0800. The first-order valence-corrected chi connectivity index (χ1v) is 5.19. The van der Waals surface area contributed by atoms with Crippen LogP contribution in [0.5, 0.6) is 0 Å². The lowest BCUT2D eigenvalue weighted by molar-refractivity contribution is -0.124. The molecule has 0 aliphatic heterocycles. The Bertz CT molecular complexity index is 272. The molecule has 0 spiro atoms. The maximum atomic E-state index is 11.8. The third-order valence-electron chi connectivity index (χ3n) is 3.94. The van der Waals surface area contributed by atoms with E-state index in [2.05, 4.69) is 0 Å². The minimum Gasteiger partial charge on any atom is -0.388 e. The zero-order valence-corrected chi connectivity index (χ0v) is 8.93. The lowest BCUT2D eigenvalue weighted by atomic mass is 9.89. The Kier molecular flexibility index (Phi) is 1.67. The number of hydrogen-bond donors (Lipinski definition) is 1. The summed E-state index contributed by atoms with van der Waals surface area (Å²) in [6.45, 7) is 5.75. The van der Waals surface area contributed by atoms with Crippen molar-refractivity contribution in [2.24, 2.45) is 17.3 Å². The summed E-state index contributed by atoms with van der Waals surface area (Å²) in [5.74, 6) is 0.439. The van der Waals surface area contributed by atoms with E-state index in [1.165, 1.54) is 0 Å². The van der Waals surface area contributed by atoms with Crippen LogP contribution in [0.15, 0.2) is 0 Å². The largest absolute Gasteiger partial charge is 0.388 e. The van der Waals surface area contributed by atoms with E-state index in [0.29, 0.717) is 5.92 Å². The minimum atomic E-state index is -0.983. The van der Waals surface area contributed by atoms with Gasteiger partial charge in [0.1, 0.15) is 5.38 Å².